The number of nitriles is 1. The quantitative estimate of drug-likeness (QED) is 0.663. The minimum absolute atomic E-state index is 0.0862. The van der Waals surface area contributed by atoms with E-state index in [0.717, 1.165) is 18.8 Å². The molecule has 0 aromatic heterocycles. The fourth-order valence-electron chi connectivity index (χ4n) is 6.41. The van der Waals surface area contributed by atoms with E-state index in [0.29, 0.717) is 11.8 Å². The third-order valence-electron chi connectivity index (χ3n) is 7.71. The first-order chi connectivity index (χ1) is 10.5. The van der Waals surface area contributed by atoms with Gasteiger partial charge in [0.15, 0.2) is 5.78 Å². The van der Waals surface area contributed by atoms with Crippen LogP contribution >= 0.6 is 0 Å². The summed E-state index contributed by atoms with van der Waals surface area (Å²) in [7, 11) is 0. The summed E-state index contributed by atoms with van der Waals surface area (Å²) in [5.74, 6) is 2.52. The Kier molecular flexibility index (Phi) is 2.96. The molecule has 3 saturated carbocycles. The highest BCUT2D eigenvalue weighted by Crippen LogP contribution is 2.65. The van der Waals surface area contributed by atoms with Crippen LogP contribution in [-0.4, -0.2) is 5.78 Å². The van der Waals surface area contributed by atoms with Crippen LogP contribution in [0.15, 0.2) is 23.8 Å². The average molecular weight is 295 g/mol. The highest BCUT2D eigenvalue weighted by atomic mass is 16.1. The van der Waals surface area contributed by atoms with Crippen LogP contribution in [-0.2, 0) is 4.79 Å². The number of nitrogens with zero attached hydrogens (tertiary/aromatic N) is 1. The predicted octanol–water partition coefficient (Wildman–Crippen LogP) is 4.43. The van der Waals surface area contributed by atoms with E-state index in [9.17, 15) is 10.1 Å². The summed E-state index contributed by atoms with van der Waals surface area (Å²) in [6.45, 7) is 4.72. The predicted molar refractivity (Wildman–Crippen MR) is 85.7 cm³/mol. The van der Waals surface area contributed by atoms with Crippen LogP contribution in [0.2, 0.25) is 0 Å². The SMILES string of the molecule is C[C@]12CC[C@H]3[C@@H](CCC4=CC(=O)C=C[C@@]43C)[C@@H]1CC[C@@H]2C#N. The molecule has 2 nitrogen and oxygen atoms in total. The van der Waals surface area contributed by atoms with Crippen molar-refractivity contribution in [3.05, 3.63) is 23.8 Å². The molecule has 4 rings (SSSR count). The van der Waals surface area contributed by atoms with E-state index in [1.165, 1.54) is 31.3 Å². The maximum Gasteiger partial charge on any atom is 0.178 e. The van der Waals surface area contributed by atoms with E-state index in [1.54, 1.807) is 6.08 Å². The Morgan fingerprint density at radius 2 is 2.00 bits per heavy atom. The summed E-state index contributed by atoms with van der Waals surface area (Å²) in [5, 5.41) is 9.53. The summed E-state index contributed by atoms with van der Waals surface area (Å²) in [4.78, 5) is 11.7. The Morgan fingerprint density at radius 1 is 1.18 bits per heavy atom. The Hall–Kier alpha value is -1.36. The fraction of sp³-hybridized carbons (Fsp3) is 0.700. The molecule has 0 heterocycles. The summed E-state index contributed by atoms with van der Waals surface area (Å²) >= 11 is 0. The van der Waals surface area contributed by atoms with Gasteiger partial charge in [0.1, 0.15) is 0 Å². The van der Waals surface area contributed by atoms with Gasteiger partial charge in [-0.3, -0.25) is 4.79 Å². The molecule has 0 saturated heterocycles. The molecular formula is C20H25NO. The van der Waals surface area contributed by atoms with Crippen LogP contribution < -0.4 is 0 Å². The van der Waals surface area contributed by atoms with E-state index in [-0.39, 0.29) is 22.5 Å². The van der Waals surface area contributed by atoms with Crippen molar-refractivity contribution in [3.63, 3.8) is 0 Å². The van der Waals surface area contributed by atoms with Crippen LogP contribution in [0.4, 0.5) is 0 Å². The highest BCUT2D eigenvalue weighted by Gasteiger charge is 2.58. The molecule has 4 aliphatic carbocycles. The van der Waals surface area contributed by atoms with Gasteiger partial charge >= 0.3 is 0 Å². The number of hydrogen-bond acceptors (Lipinski definition) is 2. The number of hydrogen-bond donors (Lipinski definition) is 0. The van der Waals surface area contributed by atoms with E-state index in [4.69, 9.17) is 0 Å². The Morgan fingerprint density at radius 3 is 2.77 bits per heavy atom. The van der Waals surface area contributed by atoms with Gasteiger partial charge in [-0.2, -0.15) is 5.26 Å². The number of rotatable bonds is 0. The second-order valence-electron chi connectivity index (χ2n) is 8.41. The number of carbonyl (C=O) groups is 1. The number of fused-ring (bicyclic) bond motifs is 5. The molecule has 0 bridgehead atoms. The molecule has 2 heteroatoms. The van der Waals surface area contributed by atoms with Gasteiger partial charge in [0.05, 0.1) is 12.0 Å². The topological polar surface area (TPSA) is 40.9 Å². The van der Waals surface area contributed by atoms with Crippen LogP contribution in [0, 0.1) is 45.8 Å². The van der Waals surface area contributed by atoms with Crippen molar-refractivity contribution >= 4 is 5.78 Å². The molecule has 0 aromatic rings. The van der Waals surface area contributed by atoms with Crippen molar-refractivity contribution in [3.8, 4) is 6.07 Å². The van der Waals surface area contributed by atoms with E-state index >= 15 is 0 Å². The van der Waals surface area contributed by atoms with Gasteiger partial charge in [0.25, 0.3) is 0 Å². The van der Waals surface area contributed by atoms with E-state index in [1.807, 2.05) is 6.08 Å². The molecule has 0 amide bonds. The molecule has 0 N–H and O–H groups in total. The average Bonchev–Trinajstić information content (AvgIpc) is 2.84. The van der Waals surface area contributed by atoms with Crippen LogP contribution in [0.1, 0.15) is 52.4 Å². The molecule has 22 heavy (non-hydrogen) atoms. The third kappa shape index (κ3) is 1.69. The molecule has 0 aromatic carbocycles. The van der Waals surface area contributed by atoms with Gasteiger partial charge in [-0.15, -0.1) is 0 Å². The zero-order valence-electron chi connectivity index (χ0n) is 13.6. The number of allylic oxidation sites excluding steroid dienone is 4. The summed E-state index contributed by atoms with van der Waals surface area (Å²) in [6.07, 6.45) is 12.9. The largest absolute Gasteiger partial charge is 0.290 e. The second kappa shape index (κ2) is 4.57. The first-order valence-corrected chi connectivity index (χ1v) is 8.83. The van der Waals surface area contributed by atoms with E-state index < -0.39 is 0 Å². The lowest BCUT2D eigenvalue weighted by Crippen LogP contribution is -2.49. The van der Waals surface area contributed by atoms with Crippen LogP contribution in [0.3, 0.4) is 0 Å². The lowest BCUT2D eigenvalue weighted by molar-refractivity contribution is -0.111. The summed E-state index contributed by atoms with van der Waals surface area (Å²) in [5.41, 5.74) is 1.68. The maximum absolute atomic E-state index is 11.7. The monoisotopic (exact) mass is 295 g/mol. The zero-order valence-corrected chi connectivity index (χ0v) is 13.6. The van der Waals surface area contributed by atoms with Gasteiger partial charge in [-0.05, 0) is 73.8 Å². The molecule has 0 spiro atoms. The lowest BCUT2D eigenvalue weighted by atomic mass is 9.48. The van der Waals surface area contributed by atoms with Crippen molar-refractivity contribution in [1.82, 2.24) is 0 Å². The Bertz CT molecular complexity index is 624. The van der Waals surface area contributed by atoms with Crippen LogP contribution in [0.5, 0.6) is 0 Å². The maximum atomic E-state index is 11.7. The first-order valence-electron chi connectivity index (χ1n) is 8.83. The minimum Gasteiger partial charge on any atom is -0.290 e. The van der Waals surface area contributed by atoms with Gasteiger partial charge in [-0.25, -0.2) is 0 Å². The molecule has 0 aliphatic heterocycles. The molecule has 4 aliphatic rings. The van der Waals surface area contributed by atoms with Crippen LogP contribution in [0.25, 0.3) is 0 Å². The fourth-order valence-corrected chi connectivity index (χ4v) is 6.41. The van der Waals surface area contributed by atoms with Gasteiger partial charge in [0.2, 0.25) is 0 Å². The third-order valence-corrected chi connectivity index (χ3v) is 7.71. The molecule has 0 unspecified atom stereocenters. The molecule has 0 radical (unpaired) electrons. The Labute approximate surface area is 133 Å². The van der Waals surface area contributed by atoms with Crippen molar-refractivity contribution < 1.29 is 4.79 Å². The normalized spacial score (nSPS) is 49.7. The smallest absolute Gasteiger partial charge is 0.178 e. The molecule has 6 atom stereocenters. The van der Waals surface area contributed by atoms with Gasteiger partial charge < -0.3 is 0 Å². The lowest BCUT2D eigenvalue weighted by Gasteiger charge is -2.56. The van der Waals surface area contributed by atoms with Crippen molar-refractivity contribution in [1.29, 1.82) is 5.26 Å². The molecule has 3 fully saturated rings. The minimum atomic E-state index is 0.0862. The molecular weight excluding hydrogens is 270 g/mol. The van der Waals surface area contributed by atoms with E-state index in [2.05, 4.69) is 26.0 Å². The van der Waals surface area contributed by atoms with Gasteiger partial charge in [-0.1, -0.05) is 25.5 Å². The zero-order chi connectivity index (χ0) is 15.5. The summed E-state index contributed by atoms with van der Waals surface area (Å²) < 4.78 is 0. The Balaban J connectivity index is 1.70. The van der Waals surface area contributed by atoms with Crippen molar-refractivity contribution in [2.75, 3.05) is 0 Å². The summed E-state index contributed by atoms with van der Waals surface area (Å²) in [6, 6.07) is 2.60. The highest BCUT2D eigenvalue weighted by molar-refractivity contribution is 6.01. The van der Waals surface area contributed by atoms with Crippen molar-refractivity contribution in [2.24, 2.45) is 34.5 Å². The molecule has 116 valence electrons. The van der Waals surface area contributed by atoms with Crippen molar-refractivity contribution in [2.45, 2.75) is 52.4 Å². The standard InChI is InChI=1S/C20H25NO/c1-19-9-7-15(22)11-13(19)3-5-16-17-6-4-14(12-21)20(17,2)10-8-18(16)19/h7,9,11,14,16-18H,3-6,8,10H2,1-2H3/t14-,16+,17+,18+,19+,20-/m1/s1. The second-order valence-corrected chi connectivity index (χ2v) is 8.41. The van der Waals surface area contributed by atoms with Gasteiger partial charge in [0, 0.05) is 5.41 Å². The first kappa shape index (κ1) is 14.2. The number of ketones is 1. The number of carbonyl (C=O) groups excluding carboxylic acids is 1.